The van der Waals surface area contributed by atoms with E-state index < -0.39 is 54.6 Å². The maximum Gasteiger partial charge on any atom is 0.303 e. The molecule has 1 saturated heterocycles. The highest BCUT2D eigenvalue weighted by molar-refractivity contribution is 5.68. The number of hydrogen-bond acceptors (Lipinski definition) is 10. The van der Waals surface area contributed by atoms with E-state index >= 15 is 0 Å². The third-order valence-corrected chi connectivity index (χ3v) is 2.97. The van der Waals surface area contributed by atoms with E-state index in [0.717, 1.165) is 27.7 Å². The summed E-state index contributed by atoms with van der Waals surface area (Å²) in [5, 5.41) is 10.0. The molecule has 0 aromatic heterocycles. The molecule has 0 saturated carbocycles. The van der Waals surface area contributed by atoms with Gasteiger partial charge in [0.2, 0.25) is 0 Å². The van der Waals surface area contributed by atoms with E-state index in [-0.39, 0.29) is 6.61 Å². The fourth-order valence-electron chi connectivity index (χ4n) is 2.21. The van der Waals surface area contributed by atoms with E-state index in [2.05, 4.69) is 0 Å². The number of carbonyl (C=O) groups is 4. The van der Waals surface area contributed by atoms with E-state index in [1.807, 2.05) is 0 Å². The number of rotatable bonds is 5. The Bertz CT molecular complexity index is 502. The molecule has 0 aliphatic carbocycles. The van der Waals surface area contributed by atoms with E-state index in [0.29, 0.717) is 0 Å². The van der Waals surface area contributed by atoms with E-state index in [1.165, 1.54) is 0 Å². The molecule has 0 radical (unpaired) electrons. The quantitative estimate of drug-likeness (QED) is 0.490. The molecule has 136 valence electrons. The molecule has 0 spiro atoms. The molecular weight excluding hydrogens is 328 g/mol. The Morgan fingerprint density at radius 2 is 1.25 bits per heavy atom. The summed E-state index contributed by atoms with van der Waals surface area (Å²) in [7, 11) is 0. The molecule has 1 rings (SSSR count). The predicted octanol–water partition coefficient (Wildman–Crippen LogP) is -0.938. The van der Waals surface area contributed by atoms with Crippen LogP contribution in [0.5, 0.6) is 0 Å². The van der Waals surface area contributed by atoms with Gasteiger partial charge in [-0.3, -0.25) is 19.2 Å². The van der Waals surface area contributed by atoms with Crippen LogP contribution in [0.4, 0.5) is 0 Å². The summed E-state index contributed by atoms with van der Waals surface area (Å²) in [6.45, 7) is 4.09. The molecule has 1 aliphatic heterocycles. The molecule has 1 N–H and O–H groups in total. The van der Waals surface area contributed by atoms with Crippen LogP contribution in [-0.2, 0) is 42.9 Å². The lowest BCUT2D eigenvalue weighted by Crippen LogP contribution is -2.62. The van der Waals surface area contributed by atoms with Crippen molar-refractivity contribution in [3.05, 3.63) is 0 Å². The Kier molecular flexibility index (Phi) is 7.11. The first-order chi connectivity index (χ1) is 11.1. The molecule has 1 fully saturated rings. The predicted molar refractivity (Wildman–Crippen MR) is 74.2 cm³/mol. The zero-order valence-corrected chi connectivity index (χ0v) is 13.7. The maximum absolute atomic E-state index is 11.3. The molecule has 0 aromatic rings. The van der Waals surface area contributed by atoms with Crippen LogP contribution in [0.15, 0.2) is 0 Å². The molecule has 1 aliphatic rings. The highest BCUT2D eigenvalue weighted by Gasteiger charge is 2.51. The molecule has 24 heavy (non-hydrogen) atoms. The first-order valence-electron chi connectivity index (χ1n) is 7.10. The monoisotopic (exact) mass is 348 g/mol. The number of aliphatic hydroxyl groups is 1. The van der Waals surface area contributed by atoms with Crippen molar-refractivity contribution in [3.8, 4) is 0 Å². The van der Waals surface area contributed by atoms with Crippen molar-refractivity contribution in [1.29, 1.82) is 0 Å². The maximum atomic E-state index is 11.3. The molecule has 3 unspecified atom stereocenters. The van der Waals surface area contributed by atoms with Gasteiger partial charge >= 0.3 is 23.9 Å². The molecule has 10 heteroatoms. The molecule has 1 heterocycles. The van der Waals surface area contributed by atoms with Gasteiger partial charge in [0.15, 0.2) is 24.6 Å². The SMILES string of the molecule is CC(=O)OCC1O[C@H](O)C(OC(C)=O)C(OC(C)=O)[C@@H]1OC(C)=O. The molecule has 10 nitrogen and oxygen atoms in total. The Labute approximate surface area is 137 Å². The second kappa shape index (κ2) is 8.60. The standard InChI is InChI=1S/C14H20O10/c1-6(15)20-5-10-11(21-7(2)16)12(22-8(3)17)13(14(19)24-10)23-9(4)18/h10-14,19H,5H2,1-4H3/t10?,11-,12?,13?,14+/m1/s1. The largest absolute Gasteiger partial charge is 0.463 e. The van der Waals surface area contributed by atoms with Crippen LogP contribution in [0.2, 0.25) is 0 Å². The lowest BCUT2D eigenvalue weighted by molar-refractivity contribution is -0.296. The lowest BCUT2D eigenvalue weighted by Gasteiger charge is -2.42. The van der Waals surface area contributed by atoms with Crippen molar-refractivity contribution < 1.29 is 48.0 Å². The fourth-order valence-corrected chi connectivity index (χ4v) is 2.21. The summed E-state index contributed by atoms with van der Waals surface area (Å²) in [6, 6.07) is 0. The van der Waals surface area contributed by atoms with Gasteiger partial charge in [-0.25, -0.2) is 0 Å². The highest BCUT2D eigenvalue weighted by Crippen LogP contribution is 2.28. The van der Waals surface area contributed by atoms with Gasteiger partial charge in [0.1, 0.15) is 12.7 Å². The first kappa shape index (κ1) is 19.8. The minimum absolute atomic E-state index is 0.366. The summed E-state index contributed by atoms with van der Waals surface area (Å²) in [4.78, 5) is 44.9. The van der Waals surface area contributed by atoms with Crippen LogP contribution < -0.4 is 0 Å². The van der Waals surface area contributed by atoms with E-state index in [9.17, 15) is 24.3 Å². The smallest absolute Gasteiger partial charge is 0.303 e. The molecule has 0 aromatic carbocycles. The van der Waals surface area contributed by atoms with Gasteiger partial charge < -0.3 is 28.8 Å². The van der Waals surface area contributed by atoms with Crippen LogP contribution in [0.25, 0.3) is 0 Å². The number of aliphatic hydroxyl groups excluding tert-OH is 1. The third-order valence-electron chi connectivity index (χ3n) is 2.97. The molecular formula is C14H20O10. The summed E-state index contributed by atoms with van der Waals surface area (Å²) in [6.07, 6.45) is -6.79. The van der Waals surface area contributed by atoms with Gasteiger partial charge in [-0.15, -0.1) is 0 Å². The minimum Gasteiger partial charge on any atom is -0.463 e. The first-order valence-corrected chi connectivity index (χ1v) is 7.10. The molecule has 0 amide bonds. The molecule has 5 atom stereocenters. The van der Waals surface area contributed by atoms with Gasteiger partial charge in [0.25, 0.3) is 0 Å². The summed E-state index contributed by atoms with van der Waals surface area (Å²) >= 11 is 0. The normalized spacial score (nSPS) is 29.3. The summed E-state index contributed by atoms with van der Waals surface area (Å²) < 4.78 is 25.0. The zero-order chi connectivity index (χ0) is 18.4. The Morgan fingerprint density at radius 3 is 1.71 bits per heavy atom. The Morgan fingerprint density at radius 1 is 0.792 bits per heavy atom. The van der Waals surface area contributed by atoms with Gasteiger partial charge in [0, 0.05) is 27.7 Å². The van der Waals surface area contributed by atoms with Crippen LogP contribution in [0.1, 0.15) is 27.7 Å². The average Bonchev–Trinajstić information content (AvgIpc) is 2.42. The van der Waals surface area contributed by atoms with E-state index in [1.54, 1.807) is 0 Å². The second-order valence-corrected chi connectivity index (χ2v) is 5.09. The van der Waals surface area contributed by atoms with Crippen LogP contribution in [0.3, 0.4) is 0 Å². The summed E-state index contributed by atoms with van der Waals surface area (Å²) in [5.74, 6) is -2.87. The van der Waals surface area contributed by atoms with Crippen molar-refractivity contribution in [2.24, 2.45) is 0 Å². The number of carbonyl (C=O) groups excluding carboxylic acids is 4. The Hall–Kier alpha value is -2.20. The van der Waals surface area contributed by atoms with Crippen LogP contribution >= 0.6 is 0 Å². The van der Waals surface area contributed by atoms with Crippen molar-refractivity contribution in [2.45, 2.75) is 58.4 Å². The number of hydrogen-bond donors (Lipinski definition) is 1. The minimum atomic E-state index is -1.68. The lowest BCUT2D eigenvalue weighted by atomic mass is 9.98. The van der Waals surface area contributed by atoms with Gasteiger partial charge in [-0.2, -0.15) is 0 Å². The third kappa shape index (κ3) is 5.78. The summed E-state index contributed by atoms with van der Waals surface area (Å²) in [5.41, 5.74) is 0. The van der Waals surface area contributed by atoms with Gasteiger partial charge in [0.05, 0.1) is 0 Å². The fraction of sp³-hybridized carbons (Fsp3) is 0.714. The zero-order valence-electron chi connectivity index (χ0n) is 13.7. The average molecular weight is 348 g/mol. The van der Waals surface area contributed by atoms with Crippen molar-refractivity contribution in [1.82, 2.24) is 0 Å². The van der Waals surface area contributed by atoms with Gasteiger partial charge in [-0.05, 0) is 0 Å². The van der Waals surface area contributed by atoms with E-state index in [4.69, 9.17) is 23.7 Å². The molecule has 0 bridgehead atoms. The highest BCUT2D eigenvalue weighted by atomic mass is 16.7. The topological polar surface area (TPSA) is 135 Å². The number of ether oxygens (including phenoxy) is 5. The van der Waals surface area contributed by atoms with Gasteiger partial charge in [-0.1, -0.05) is 0 Å². The van der Waals surface area contributed by atoms with Crippen molar-refractivity contribution in [3.63, 3.8) is 0 Å². The van der Waals surface area contributed by atoms with Crippen molar-refractivity contribution in [2.75, 3.05) is 6.61 Å². The second-order valence-electron chi connectivity index (χ2n) is 5.09. The number of esters is 4. The van der Waals surface area contributed by atoms with Crippen LogP contribution in [0, 0.1) is 0 Å². The Balaban J connectivity index is 3.11. The van der Waals surface area contributed by atoms with Crippen molar-refractivity contribution >= 4 is 23.9 Å². The van der Waals surface area contributed by atoms with Crippen LogP contribution in [-0.4, -0.2) is 66.3 Å².